The Kier molecular flexibility index (Phi) is 3.45. The van der Waals surface area contributed by atoms with Gasteiger partial charge in [-0.25, -0.2) is 0 Å². The summed E-state index contributed by atoms with van der Waals surface area (Å²) in [5.41, 5.74) is 3.12. The van der Waals surface area contributed by atoms with Crippen LogP contribution in [0.25, 0.3) is 10.8 Å². The fourth-order valence-electron chi connectivity index (χ4n) is 4.16. The number of hydrogen-bond donors (Lipinski definition) is 0. The number of benzene rings is 2. The Morgan fingerprint density at radius 1 is 0.762 bits per heavy atom. The van der Waals surface area contributed by atoms with Crippen LogP contribution in [-0.2, 0) is 12.8 Å². The standard InChI is InChI=1S/C20H27P/c1-19(2,3)21(20(4,5)6)17-13-12-15-11-10-14-8-7-9-16(17)18(14)15/h7-9,12-13H,10-11H2,1-6H3. The first kappa shape index (κ1) is 15.0. The van der Waals surface area contributed by atoms with Gasteiger partial charge in [-0.1, -0.05) is 79.8 Å². The molecule has 1 heteroatoms. The molecule has 0 saturated carbocycles. The van der Waals surface area contributed by atoms with E-state index in [1.807, 2.05) is 0 Å². The van der Waals surface area contributed by atoms with Crippen molar-refractivity contribution in [1.29, 1.82) is 0 Å². The lowest BCUT2D eigenvalue weighted by Gasteiger charge is -2.42. The van der Waals surface area contributed by atoms with Crippen LogP contribution in [0.15, 0.2) is 30.3 Å². The van der Waals surface area contributed by atoms with Crippen molar-refractivity contribution in [3.05, 3.63) is 41.5 Å². The van der Waals surface area contributed by atoms with Crippen LogP contribution in [0.5, 0.6) is 0 Å². The fourth-order valence-corrected chi connectivity index (χ4v) is 8.26. The fraction of sp³-hybridized carbons (Fsp3) is 0.500. The average molecular weight is 298 g/mol. The number of hydrogen-bond acceptors (Lipinski definition) is 0. The second-order valence-electron chi connectivity index (χ2n) is 8.26. The summed E-state index contributed by atoms with van der Waals surface area (Å²) in [5, 5.41) is 5.35. The van der Waals surface area contributed by atoms with Gasteiger partial charge < -0.3 is 0 Å². The molecule has 0 bridgehead atoms. The van der Waals surface area contributed by atoms with Gasteiger partial charge in [0.15, 0.2) is 0 Å². The average Bonchev–Trinajstić information content (AvgIpc) is 2.74. The van der Waals surface area contributed by atoms with Crippen LogP contribution in [0.3, 0.4) is 0 Å². The van der Waals surface area contributed by atoms with E-state index in [2.05, 4.69) is 71.9 Å². The Labute approximate surface area is 130 Å². The maximum atomic E-state index is 2.44. The third-order valence-corrected chi connectivity index (χ3v) is 7.99. The zero-order chi connectivity index (χ0) is 15.4. The highest BCUT2D eigenvalue weighted by Gasteiger charge is 2.36. The lowest BCUT2D eigenvalue weighted by Crippen LogP contribution is -2.31. The van der Waals surface area contributed by atoms with Crippen molar-refractivity contribution in [3.8, 4) is 0 Å². The van der Waals surface area contributed by atoms with Crippen molar-refractivity contribution in [2.24, 2.45) is 0 Å². The topological polar surface area (TPSA) is 0 Å². The predicted octanol–water partition coefficient (Wildman–Crippen LogP) is 5.64. The van der Waals surface area contributed by atoms with E-state index in [1.54, 1.807) is 21.8 Å². The van der Waals surface area contributed by atoms with Gasteiger partial charge in [0.1, 0.15) is 0 Å². The highest BCUT2D eigenvalue weighted by atomic mass is 31.1. The Bertz CT molecular complexity index is 659. The van der Waals surface area contributed by atoms with Crippen molar-refractivity contribution in [3.63, 3.8) is 0 Å². The van der Waals surface area contributed by atoms with Gasteiger partial charge in [-0.05, 0) is 50.4 Å². The minimum Gasteiger partial charge on any atom is -0.0636 e. The first-order valence-corrected chi connectivity index (χ1v) is 9.37. The maximum absolute atomic E-state index is 2.44. The van der Waals surface area contributed by atoms with Gasteiger partial charge in [0.05, 0.1) is 0 Å². The van der Waals surface area contributed by atoms with Crippen LogP contribution in [0.4, 0.5) is 0 Å². The van der Waals surface area contributed by atoms with Crippen LogP contribution < -0.4 is 5.30 Å². The molecule has 0 heterocycles. The van der Waals surface area contributed by atoms with Gasteiger partial charge in [-0.15, -0.1) is 0 Å². The summed E-state index contributed by atoms with van der Waals surface area (Å²) in [4.78, 5) is 0. The quantitative estimate of drug-likeness (QED) is 0.597. The normalized spacial score (nSPS) is 15.2. The van der Waals surface area contributed by atoms with E-state index < -0.39 is 0 Å². The minimum atomic E-state index is -0.235. The molecule has 2 aromatic carbocycles. The van der Waals surface area contributed by atoms with Gasteiger partial charge in [0.2, 0.25) is 0 Å². The smallest absolute Gasteiger partial charge is 0.0101 e. The molecule has 1 aliphatic rings. The molecule has 0 atom stereocenters. The molecule has 0 unspecified atom stereocenters. The van der Waals surface area contributed by atoms with E-state index in [-0.39, 0.29) is 7.92 Å². The molecular formula is C20H27P. The molecule has 0 radical (unpaired) electrons. The molecule has 0 aromatic heterocycles. The molecule has 2 aromatic rings. The van der Waals surface area contributed by atoms with E-state index in [9.17, 15) is 0 Å². The zero-order valence-electron chi connectivity index (χ0n) is 14.2. The van der Waals surface area contributed by atoms with Crippen molar-refractivity contribution in [1.82, 2.24) is 0 Å². The summed E-state index contributed by atoms with van der Waals surface area (Å²) >= 11 is 0. The largest absolute Gasteiger partial charge is 0.0636 e. The Morgan fingerprint density at radius 2 is 1.33 bits per heavy atom. The first-order chi connectivity index (χ1) is 9.69. The van der Waals surface area contributed by atoms with Crippen LogP contribution in [0.1, 0.15) is 52.7 Å². The molecule has 21 heavy (non-hydrogen) atoms. The molecule has 0 spiro atoms. The SMILES string of the molecule is CC(C)(C)P(c1ccc2c3c(cccc13)CC2)C(C)(C)C. The van der Waals surface area contributed by atoms with E-state index in [0.29, 0.717) is 10.3 Å². The van der Waals surface area contributed by atoms with Crippen LogP contribution >= 0.6 is 7.92 Å². The molecule has 0 N–H and O–H groups in total. The molecule has 0 saturated heterocycles. The monoisotopic (exact) mass is 298 g/mol. The second-order valence-corrected chi connectivity index (χ2v) is 12.1. The molecule has 1 aliphatic carbocycles. The van der Waals surface area contributed by atoms with Gasteiger partial charge in [0, 0.05) is 0 Å². The molecule has 0 amide bonds. The maximum Gasteiger partial charge on any atom is -0.0101 e. The molecule has 0 fully saturated rings. The Balaban J connectivity index is 2.30. The van der Waals surface area contributed by atoms with Crippen LogP contribution in [-0.4, -0.2) is 10.3 Å². The molecule has 0 aliphatic heterocycles. The second kappa shape index (κ2) is 4.82. The minimum absolute atomic E-state index is 0.235. The third kappa shape index (κ3) is 2.53. The molecule has 3 rings (SSSR count). The summed E-state index contributed by atoms with van der Waals surface area (Å²) in [6.07, 6.45) is 2.44. The van der Waals surface area contributed by atoms with Crippen LogP contribution in [0, 0.1) is 0 Å². The highest BCUT2D eigenvalue weighted by Crippen LogP contribution is 2.59. The first-order valence-electron chi connectivity index (χ1n) is 8.03. The van der Waals surface area contributed by atoms with E-state index in [0.717, 1.165) is 0 Å². The lowest BCUT2D eigenvalue weighted by atomic mass is 10.1. The zero-order valence-corrected chi connectivity index (χ0v) is 15.1. The van der Waals surface area contributed by atoms with Crippen molar-refractivity contribution < 1.29 is 0 Å². The Morgan fingerprint density at radius 3 is 1.90 bits per heavy atom. The van der Waals surface area contributed by atoms with Crippen LogP contribution in [0.2, 0.25) is 0 Å². The van der Waals surface area contributed by atoms with Crippen molar-refractivity contribution in [2.75, 3.05) is 0 Å². The number of aryl methyl sites for hydroxylation is 2. The summed E-state index contributed by atoms with van der Waals surface area (Å²) in [6, 6.07) is 11.8. The van der Waals surface area contributed by atoms with Crippen molar-refractivity contribution >= 4 is 24.0 Å². The highest BCUT2D eigenvalue weighted by molar-refractivity contribution is 7.69. The van der Waals surface area contributed by atoms with E-state index in [4.69, 9.17) is 0 Å². The summed E-state index contributed by atoms with van der Waals surface area (Å²) in [7, 11) is -0.235. The summed E-state index contributed by atoms with van der Waals surface area (Å²) in [5.74, 6) is 0. The summed E-state index contributed by atoms with van der Waals surface area (Å²) < 4.78 is 0. The predicted molar refractivity (Wildman–Crippen MR) is 97.4 cm³/mol. The third-order valence-electron chi connectivity index (χ3n) is 4.44. The molecule has 0 nitrogen and oxygen atoms in total. The molecule has 112 valence electrons. The van der Waals surface area contributed by atoms with Gasteiger partial charge in [-0.2, -0.15) is 0 Å². The van der Waals surface area contributed by atoms with Gasteiger partial charge >= 0.3 is 0 Å². The number of rotatable bonds is 1. The molecular weight excluding hydrogens is 271 g/mol. The Hall–Kier alpha value is -0.870. The van der Waals surface area contributed by atoms with E-state index in [1.165, 1.54) is 18.2 Å². The van der Waals surface area contributed by atoms with Gasteiger partial charge in [-0.3, -0.25) is 0 Å². The lowest BCUT2D eigenvalue weighted by molar-refractivity contribution is 0.715. The summed E-state index contributed by atoms with van der Waals surface area (Å²) in [6.45, 7) is 14.5. The van der Waals surface area contributed by atoms with Crippen molar-refractivity contribution in [2.45, 2.75) is 64.7 Å². The van der Waals surface area contributed by atoms with E-state index >= 15 is 0 Å². The van der Waals surface area contributed by atoms with Gasteiger partial charge in [0.25, 0.3) is 0 Å².